The van der Waals surface area contributed by atoms with Crippen LogP contribution in [0.5, 0.6) is 0 Å². The van der Waals surface area contributed by atoms with Crippen molar-refractivity contribution < 1.29 is 22.6 Å². The number of anilines is 1. The lowest BCUT2D eigenvalue weighted by molar-refractivity contribution is -0.384. The molecule has 1 amide bonds. The quantitative estimate of drug-likeness (QED) is 0.308. The first kappa shape index (κ1) is 22.8. The van der Waals surface area contributed by atoms with Gasteiger partial charge in [-0.05, 0) is 55.3 Å². The van der Waals surface area contributed by atoms with Crippen LogP contribution >= 0.6 is 0 Å². The second-order valence-electron chi connectivity index (χ2n) is 7.09. The van der Waals surface area contributed by atoms with Gasteiger partial charge in [-0.1, -0.05) is 17.2 Å². The molecule has 3 rings (SSSR count). The Balaban J connectivity index is 1.58. The van der Waals surface area contributed by atoms with Crippen molar-refractivity contribution in [3.8, 4) is 0 Å². The first-order chi connectivity index (χ1) is 15.1. The highest BCUT2D eigenvalue weighted by molar-refractivity contribution is 7.92. The molecule has 0 aliphatic rings. The Morgan fingerprint density at radius 2 is 1.78 bits per heavy atom. The number of carbonyl (C=O) groups is 1. The first-order valence-corrected chi connectivity index (χ1v) is 11.1. The van der Waals surface area contributed by atoms with Crippen LogP contribution in [0.3, 0.4) is 0 Å². The smallest absolute Gasteiger partial charge is 0.322 e. The Morgan fingerprint density at radius 3 is 2.38 bits per heavy atom. The van der Waals surface area contributed by atoms with Crippen LogP contribution in [0.15, 0.2) is 63.9 Å². The summed E-state index contributed by atoms with van der Waals surface area (Å²) >= 11 is 0. The van der Waals surface area contributed by atoms with Gasteiger partial charge in [-0.3, -0.25) is 20.2 Å². The van der Waals surface area contributed by atoms with Gasteiger partial charge in [0.25, 0.3) is 11.6 Å². The Morgan fingerprint density at radius 1 is 1.12 bits per heavy atom. The van der Waals surface area contributed by atoms with Gasteiger partial charge >= 0.3 is 6.01 Å². The van der Waals surface area contributed by atoms with Crippen molar-refractivity contribution in [1.82, 2.24) is 10.2 Å². The second kappa shape index (κ2) is 9.52. The van der Waals surface area contributed by atoms with Gasteiger partial charge in [-0.2, -0.15) is 0 Å². The maximum absolute atomic E-state index is 12.2. The topological polar surface area (TPSA) is 145 Å². The number of hydrogen-bond acceptors (Lipinski definition) is 8. The number of benzene rings is 2. The fourth-order valence-electron chi connectivity index (χ4n) is 2.65. The Labute approximate surface area is 184 Å². The summed E-state index contributed by atoms with van der Waals surface area (Å²) in [7, 11) is -3.34. The summed E-state index contributed by atoms with van der Waals surface area (Å²) in [4.78, 5) is 22.4. The fraction of sp³-hybridized carbons (Fsp3) is 0.190. The SMILES string of the molecule is CC(C)S(=O)(=O)c1ccc(Cc2nnc(NC(=O)/C=C/c3ccc([N+](=O)[O-])cc3)o2)cc1. The van der Waals surface area contributed by atoms with Crippen LogP contribution in [0.4, 0.5) is 11.7 Å². The lowest BCUT2D eigenvalue weighted by atomic mass is 10.1. The van der Waals surface area contributed by atoms with Gasteiger partial charge in [-0.15, -0.1) is 5.10 Å². The number of carbonyl (C=O) groups excluding carboxylic acids is 1. The van der Waals surface area contributed by atoms with Crippen molar-refractivity contribution in [2.75, 3.05) is 5.32 Å². The first-order valence-electron chi connectivity index (χ1n) is 9.54. The molecule has 2 aromatic carbocycles. The molecule has 11 heteroatoms. The van der Waals surface area contributed by atoms with E-state index in [1.165, 1.54) is 48.6 Å². The zero-order chi connectivity index (χ0) is 23.3. The van der Waals surface area contributed by atoms with E-state index in [0.29, 0.717) is 5.56 Å². The van der Waals surface area contributed by atoms with E-state index in [-0.39, 0.29) is 28.9 Å². The highest BCUT2D eigenvalue weighted by Gasteiger charge is 2.19. The molecule has 32 heavy (non-hydrogen) atoms. The monoisotopic (exact) mass is 456 g/mol. The third kappa shape index (κ3) is 5.64. The molecule has 0 atom stereocenters. The minimum atomic E-state index is -3.34. The van der Waals surface area contributed by atoms with Crippen molar-refractivity contribution >= 4 is 33.5 Å². The molecule has 1 N–H and O–H groups in total. The molecule has 0 unspecified atom stereocenters. The maximum atomic E-state index is 12.2. The van der Waals surface area contributed by atoms with Gasteiger partial charge in [0.1, 0.15) is 0 Å². The predicted octanol–water partition coefficient (Wildman–Crippen LogP) is 3.40. The number of hydrogen-bond donors (Lipinski definition) is 1. The Kier molecular flexibility index (Phi) is 6.79. The van der Waals surface area contributed by atoms with Gasteiger partial charge < -0.3 is 4.42 Å². The maximum Gasteiger partial charge on any atom is 0.322 e. The molecule has 1 aromatic heterocycles. The highest BCUT2D eigenvalue weighted by Crippen LogP contribution is 2.18. The Bertz CT molecular complexity index is 1250. The van der Waals surface area contributed by atoms with E-state index in [0.717, 1.165) is 5.56 Å². The van der Waals surface area contributed by atoms with E-state index in [4.69, 9.17) is 4.42 Å². The summed E-state index contributed by atoms with van der Waals surface area (Å²) in [5.41, 5.74) is 1.34. The molecule has 0 saturated heterocycles. The van der Waals surface area contributed by atoms with E-state index in [9.17, 15) is 23.3 Å². The minimum absolute atomic E-state index is 0.0406. The third-order valence-electron chi connectivity index (χ3n) is 4.46. The molecule has 3 aromatic rings. The lowest BCUT2D eigenvalue weighted by Gasteiger charge is -2.08. The van der Waals surface area contributed by atoms with Crippen molar-refractivity contribution in [3.05, 3.63) is 81.7 Å². The largest absolute Gasteiger partial charge is 0.407 e. The molecule has 0 aliphatic heterocycles. The highest BCUT2D eigenvalue weighted by atomic mass is 32.2. The van der Waals surface area contributed by atoms with E-state index < -0.39 is 25.9 Å². The van der Waals surface area contributed by atoms with Crippen LogP contribution in [0, 0.1) is 10.1 Å². The number of nitrogens with one attached hydrogen (secondary N) is 1. The fourth-order valence-corrected chi connectivity index (χ4v) is 3.71. The molecule has 0 aliphatic carbocycles. The molecule has 0 spiro atoms. The molecule has 10 nitrogen and oxygen atoms in total. The molecule has 0 fully saturated rings. The van der Waals surface area contributed by atoms with Gasteiger partial charge in [-0.25, -0.2) is 8.42 Å². The molecule has 166 valence electrons. The molecule has 0 radical (unpaired) electrons. The number of nitro groups is 1. The van der Waals surface area contributed by atoms with Crippen molar-refractivity contribution in [2.45, 2.75) is 30.4 Å². The van der Waals surface area contributed by atoms with E-state index in [1.807, 2.05) is 0 Å². The number of non-ortho nitro benzene ring substituents is 1. The molecule has 0 saturated carbocycles. The van der Waals surface area contributed by atoms with E-state index >= 15 is 0 Å². The molecule has 0 bridgehead atoms. The number of nitro benzene ring substituents is 1. The number of sulfone groups is 1. The molecular formula is C21H20N4O6S. The number of aromatic nitrogens is 2. The second-order valence-corrected chi connectivity index (χ2v) is 9.59. The van der Waals surface area contributed by atoms with Gasteiger partial charge in [0.2, 0.25) is 5.89 Å². The average molecular weight is 456 g/mol. The summed E-state index contributed by atoms with van der Waals surface area (Å²) in [5.74, 6) is -0.263. The average Bonchev–Trinajstić information content (AvgIpc) is 3.19. The standard InChI is InChI=1S/C21H20N4O6S/c1-14(2)32(29,30)18-10-5-16(6-11-18)13-20-23-24-21(31-20)22-19(26)12-7-15-3-8-17(9-4-15)25(27)28/h3-12,14H,13H2,1-2H3,(H,22,24,26)/b12-7+. The predicted molar refractivity (Wildman–Crippen MR) is 117 cm³/mol. The summed E-state index contributed by atoms with van der Waals surface area (Å²) in [6, 6.07) is 12.0. The van der Waals surface area contributed by atoms with Crippen LogP contribution in [0.2, 0.25) is 0 Å². The summed E-state index contributed by atoms with van der Waals surface area (Å²) in [5, 5.41) is 20.2. The third-order valence-corrected chi connectivity index (χ3v) is 6.63. The van der Waals surface area contributed by atoms with E-state index in [1.54, 1.807) is 26.0 Å². The van der Waals surface area contributed by atoms with Crippen LogP contribution in [-0.2, 0) is 21.1 Å². The minimum Gasteiger partial charge on any atom is -0.407 e. The molecule has 1 heterocycles. The van der Waals surface area contributed by atoms with Crippen LogP contribution in [0.25, 0.3) is 6.08 Å². The van der Waals surface area contributed by atoms with Crippen molar-refractivity contribution in [2.24, 2.45) is 0 Å². The Hall–Kier alpha value is -3.86. The van der Waals surface area contributed by atoms with Gasteiger partial charge in [0.15, 0.2) is 9.84 Å². The number of rotatable bonds is 8. The summed E-state index contributed by atoms with van der Waals surface area (Å²) < 4.78 is 29.8. The van der Waals surface area contributed by atoms with Crippen molar-refractivity contribution in [1.29, 1.82) is 0 Å². The van der Waals surface area contributed by atoms with E-state index in [2.05, 4.69) is 15.5 Å². The molecular weight excluding hydrogens is 436 g/mol. The number of amides is 1. The summed E-state index contributed by atoms with van der Waals surface area (Å²) in [6.07, 6.45) is 2.99. The van der Waals surface area contributed by atoms with Crippen LogP contribution < -0.4 is 5.32 Å². The zero-order valence-corrected chi connectivity index (χ0v) is 18.1. The summed E-state index contributed by atoms with van der Waals surface area (Å²) in [6.45, 7) is 3.25. The van der Waals surface area contributed by atoms with Crippen molar-refractivity contribution in [3.63, 3.8) is 0 Å². The van der Waals surface area contributed by atoms with Crippen LogP contribution in [-0.4, -0.2) is 34.7 Å². The zero-order valence-electron chi connectivity index (χ0n) is 17.3. The normalized spacial score (nSPS) is 11.7. The van der Waals surface area contributed by atoms with Crippen LogP contribution in [0.1, 0.15) is 30.9 Å². The number of nitrogens with zero attached hydrogens (tertiary/aromatic N) is 3. The van der Waals surface area contributed by atoms with Gasteiger partial charge in [0.05, 0.1) is 21.5 Å². The lowest BCUT2D eigenvalue weighted by Crippen LogP contribution is -2.13. The van der Waals surface area contributed by atoms with Gasteiger partial charge in [0, 0.05) is 18.2 Å².